The standard InChI is InChI=1S/C17H27ClN4O2S.HI/c1-2-19-17(20-8-7-15-3-5-16(18)6-4-15)21-9-10-22-11-13-25(23,24)14-12-22;/h3-6H,2,7-14H2,1H3,(H2,19,20,21);1H. The quantitative estimate of drug-likeness (QED) is 0.330. The van der Waals surface area contributed by atoms with Gasteiger partial charge in [-0.3, -0.25) is 9.89 Å². The lowest BCUT2D eigenvalue weighted by molar-refractivity contribution is 0.304. The molecule has 1 fully saturated rings. The molecule has 0 radical (unpaired) electrons. The molecule has 1 heterocycles. The van der Waals surface area contributed by atoms with Gasteiger partial charge in [-0.1, -0.05) is 23.7 Å². The normalized spacial score (nSPS) is 17.4. The Morgan fingerprint density at radius 3 is 2.46 bits per heavy atom. The zero-order chi connectivity index (χ0) is 18.1. The number of nitrogens with one attached hydrogen (secondary N) is 2. The van der Waals surface area contributed by atoms with Crippen molar-refractivity contribution in [3.63, 3.8) is 0 Å². The topological polar surface area (TPSA) is 73.8 Å². The van der Waals surface area contributed by atoms with E-state index in [1.165, 1.54) is 5.56 Å². The molecule has 0 bridgehead atoms. The summed E-state index contributed by atoms with van der Waals surface area (Å²) in [5.41, 5.74) is 1.22. The highest BCUT2D eigenvalue weighted by Gasteiger charge is 2.20. The van der Waals surface area contributed by atoms with E-state index in [1.54, 1.807) is 0 Å². The van der Waals surface area contributed by atoms with Gasteiger partial charge in [-0.15, -0.1) is 24.0 Å². The van der Waals surface area contributed by atoms with Crippen LogP contribution >= 0.6 is 35.6 Å². The van der Waals surface area contributed by atoms with Gasteiger partial charge in [-0.25, -0.2) is 8.42 Å². The lowest BCUT2D eigenvalue weighted by Gasteiger charge is -2.25. The van der Waals surface area contributed by atoms with Crippen molar-refractivity contribution in [2.45, 2.75) is 13.3 Å². The molecule has 0 saturated carbocycles. The Kier molecular flexibility index (Phi) is 10.8. The first kappa shape index (κ1) is 23.5. The molecule has 0 atom stereocenters. The predicted molar refractivity (Wildman–Crippen MR) is 120 cm³/mol. The monoisotopic (exact) mass is 514 g/mol. The molecule has 9 heteroatoms. The van der Waals surface area contributed by atoms with E-state index in [2.05, 4.69) is 20.5 Å². The fourth-order valence-corrected chi connectivity index (χ4v) is 4.00. The maximum absolute atomic E-state index is 11.4. The fraction of sp³-hybridized carbons (Fsp3) is 0.588. The van der Waals surface area contributed by atoms with Gasteiger partial charge in [0, 0.05) is 37.7 Å². The molecule has 6 nitrogen and oxygen atoms in total. The van der Waals surface area contributed by atoms with E-state index < -0.39 is 9.84 Å². The molecule has 2 rings (SSSR count). The van der Waals surface area contributed by atoms with Crippen LogP contribution in [0.5, 0.6) is 0 Å². The number of sulfone groups is 1. The summed E-state index contributed by atoms with van der Waals surface area (Å²) >= 11 is 5.89. The van der Waals surface area contributed by atoms with Crippen LogP contribution in [0, 0.1) is 0 Å². The number of halogens is 2. The zero-order valence-corrected chi connectivity index (χ0v) is 19.0. The summed E-state index contributed by atoms with van der Waals surface area (Å²) in [6.45, 7) is 6.27. The Hall–Kier alpha value is -0.580. The summed E-state index contributed by atoms with van der Waals surface area (Å²) in [6, 6.07) is 7.85. The van der Waals surface area contributed by atoms with Gasteiger partial charge >= 0.3 is 0 Å². The average molecular weight is 515 g/mol. The van der Waals surface area contributed by atoms with Gasteiger partial charge in [0.2, 0.25) is 0 Å². The maximum atomic E-state index is 11.4. The number of hydrogen-bond acceptors (Lipinski definition) is 4. The van der Waals surface area contributed by atoms with E-state index in [9.17, 15) is 8.42 Å². The minimum atomic E-state index is -2.82. The third-order valence-corrected chi connectivity index (χ3v) is 5.95. The summed E-state index contributed by atoms with van der Waals surface area (Å²) in [6.07, 6.45) is 0.894. The van der Waals surface area contributed by atoms with Crippen LogP contribution in [0.25, 0.3) is 0 Å². The van der Waals surface area contributed by atoms with Crippen molar-refractivity contribution in [1.82, 2.24) is 15.5 Å². The van der Waals surface area contributed by atoms with Gasteiger partial charge in [0.15, 0.2) is 15.8 Å². The fourth-order valence-electron chi connectivity index (χ4n) is 2.60. The molecule has 0 aliphatic carbocycles. The number of aliphatic imine (C=N–C) groups is 1. The first-order valence-electron chi connectivity index (χ1n) is 8.68. The van der Waals surface area contributed by atoms with E-state index >= 15 is 0 Å². The van der Waals surface area contributed by atoms with Gasteiger partial charge in [-0.2, -0.15) is 0 Å². The molecule has 1 aliphatic heterocycles. The molecule has 26 heavy (non-hydrogen) atoms. The highest BCUT2D eigenvalue weighted by Crippen LogP contribution is 2.09. The second-order valence-electron chi connectivity index (χ2n) is 6.06. The van der Waals surface area contributed by atoms with E-state index in [0.717, 1.165) is 37.0 Å². The molecule has 1 aromatic carbocycles. The van der Waals surface area contributed by atoms with Crippen LogP contribution in [0.2, 0.25) is 5.02 Å². The van der Waals surface area contributed by atoms with Crippen LogP contribution in [-0.4, -0.2) is 70.1 Å². The summed E-state index contributed by atoms with van der Waals surface area (Å²) < 4.78 is 22.9. The van der Waals surface area contributed by atoms with Crippen molar-refractivity contribution in [2.75, 3.05) is 50.8 Å². The summed E-state index contributed by atoms with van der Waals surface area (Å²) in [7, 11) is -2.82. The van der Waals surface area contributed by atoms with E-state index in [4.69, 9.17) is 11.6 Å². The van der Waals surface area contributed by atoms with Crippen LogP contribution in [0.15, 0.2) is 29.3 Å². The van der Waals surface area contributed by atoms with E-state index in [1.807, 2.05) is 31.2 Å². The van der Waals surface area contributed by atoms with Crippen molar-refractivity contribution in [3.05, 3.63) is 34.9 Å². The predicted octanol–water partition coefficient (Wildman–Crippen LogP) is 1.79. The average Bonchev–Trinajstić information content (AvgIpc) is 2.58. The first-order valence-corrected chi connectivity index (χ1v) is 10.9. The SMILES string of the molecule is CCNC(=NCCN1CCS(=O)(=O)CC1)NCCc1ccc(Cl)cc1.I. The lowest BCUT2D eigenvalue weighted by Crippen LogP contribution is -2.42. The van der Waals surface area contributed by atoms with E-state index in [0.29, 0.717) is 19.6 Å². The largest absolute Gasteiger partial charge is 0.357 e. The molecular formula is C17H28ClIN4O2S. The second-order valence-corrected chi connectivity index (χ2v) is 8.80. The number of benzene rings is 1. The molecule has 0 amide bonds. The van der Waals surface area contributed by atoms with Crippen molar-refractivity contribution >= 4 is 51.4 Å². The van der Waals surface area contributed by atoms with Gasteiger partial charge < -0.3 is 10.6 Å². The maximum Gasteiger partial charge on any atom is 0.191 e. The molecule has 1 saturated heterocycles. The molecular weight excluding hydrogens is 487 g/mol. The summed E-state index contributed by atoms with van der Waals surface area (Å²) in [4.78, 5) is 6.73. The number of rotatable bonds is 7. The van der Waals surface area contributed by atoms with Crippen molar-refractivity contribution in [2.24, 2.45) is 4.99 Å². The highest BCUT2D eigenvalue weighted by molar-refractivity contribution is 14.0. The molecule has 1 aliphatic rings. The highest BCUT2D eigenvalue weighted by atomic mass is 127. The van der Waals surface area contributed by atoms with Crippen LogP contribution < -0.4 is 10.6 Å². The Labute approximate surface area is 178 Å². The van der Waals surface area contributed by atoms with Crippen LogP contribution in [0.3, 0.4) is 0 Å². The molecule has 0 unspecified atom stereocenters. The summed E-state index contributed by atoms with van der Waals surface area (Å²) in [5, 5.41) is 7.31. The smallest absolute Gasteiger partial charge is 0.191 e. The second kappa shape index (κ2) is 12.0. The van der Waals surface area contributed by atoms with Crippen LogP contribution in [-0.2, 0) is 16.3 Å². The van der Waals surface area contributed by atoms with Gasteiger partial charge in [-0.05, 0) is 31.0 Å². The number of guanidine groups is 1. The lowest BCUT2D eigenvalue weighted by atomic mass is 10.1. The van der Waals surface area contributed by atoms with Crippen molar-refractivity contribution in [1.29, 1.82) is 0 Å². The van der Waals surface area contributed by atoms with Gasteiger partial charge in [0.25, 0.3) is 0 Å². The molecule has 148 valence electrons. The van der Waals surface area contributed by atoms with Crippen LogP contribution in [0.4, 0.5) is 0 Å². The molecule has 0 aromatic heterocycles. The van der Waals surface area contributed by atoms with E-state index in [-0.39, 0.29) is 35.5 Å². The van der Waals surface area contributed by atoms with Crippen LogP contribution in [0.1, 0.15) is 12.5 Å². The zero-order valence-electron chi connectivity index (χ0n) is 15.1. The first-order chi connectivity index (χ1) is 12.0. The Bertz CT molecular complexity index is 654. The molecule has 2 N–H and O–H groups in total. The van der Waals surface area contributed by atoms with Gasteiger partial charge in [0.05, 0.1) is 18.1 Å². The molecule has 1 aromatic rings. The Balaban J connectivity index is 0.00000338. The van der Waals surface area contributed by atoms with Gasteiger partial charge in [0.1, 0.15) is 0 Å². The number of nitrogens with zero attached hydrogens (tertiary/aromatic N) is 2. The minimum absolute atomic E-state index is 0. The Morgan fingerprint density at radius 1 is 1.19 bits per heavy atom. The third kappa shape index (κ3) is 8.88. The molecule has 0 spiro atoms. The number of hydrogen-bond donors (Lipinski definition) is 2. The van der Waals surface area contributed by atoms with Crippen molar-refractivity contribution in [3.8, 4) is 0 Å². The summed E-state index contributed by atoms with van der Waals surface area (Å²) in [5.74, 6) is 1.31. The minimum Gasteiger partial charge on any atom is -0.357 e. The Morgan fingerprint density at radius 2 is 1.85 bits per heavy atom. The third-order valence-electron chi connectivity index (χ3n) is 4.09. The van der Waals surface area contributed by atoms with Crippen molar-refractivity contribution < 1.29 is 8.42 Å².